The molecule has 150 valence electrons. The van der Waals surface area contributed by atoms with Crippen LogP contribution in [-0.2, 0) is 10.0 Å². The number of pyridine rings is 1. The minimum atomic E-state index is -3.81. The summed E-state index contributed by atoms with van der Waals surface area (Å²) in [6, 6.07) is 14.0. The fourth-order valence-corrected chi connectivity index (χ4v) is 3.73. The lowest BCUT2D eigenvalue weighted by Gasteiger charge is -2.11. The van der Waals surface area contributed by atoms with E-state index in [1.165, 1.54) is 26.4 Å². The third-order valence-corrected chi connectivity index (χ3v) is 5.45. The molecule has 0 amide bonds. The summed E-state index contributed by atoms with van der Waals surface area (Å²) in [5.41, 5.74) is 0.752. The van der Waals surface area contributed by atoms with Crippen molar-refractivity contribution < 1.29 is 22.6 Å². The Morgan fingerprint density at radius 2 is 1.83 bits per heavy atom. The molecule has 1 N–H and O–H groups in total. The van der Waals surface area contributed by atoms with Gasteiger partial charge in [-0.1, -0.05) is 30.0 Å². The molecule has 0 fully saturated rings. The van der Waals surface area contributed by atoms with Gasteiger partial charge < -0.3 is 14.2 Å². The normalized spacial score (nSPS) is 10.8. The highest BCUT2D eigenvalue weighted by Gasteiger charge is 2.19. The molecule has 3 rings (SSSR count). The Labute approximate surface area is 169 Å². The van der Waals surface area contributed by atoms with Gasteiger partial charge in [0.15, 0.2) is 0 Å². The number of nitrogens with zero attached hydrogens (tertiary/aromatic N) is 1. The lowest BCUT2D eigenvalue weighted by atomic mass is 10.2. The van der Waals surface area contributed by atoms with Crippen LogP contribution < -0.4 is 18.9 Å². The third-order valence-electron chi connectivity index (χ3n) is 4.03. The minimum Gasteiger partial charge on any atom is -0.497 e. The van der Waals surface area contributed by atoms with Crippen LogP contribution in [0.15, 0.2) is 59.6 Å². The van der Waals surface area contributed by atoms with E-state index in [1.54, 1.807) is 12.3 Å². The number of benzene rings is 2. The van der Waals surface area contributed by atoms with Crippen LogP contribution in [0.5, 0.6) is 17.2 Å². The van der Waals surface area contributed by atoms with Crippen molar-refractivity contribution in [2.75, 3.05) is 27.4 Å². The van der Waals surface area contributed by atoms with Gasteiger partial charge in [0, 0.05) is 17.6 Å². The molecule has 0 unspecified atom stereocenters. The van der Waals surface area contributed by atoms with Crippen LogP contribution in [0.2, 0.25) is 0 Å². The summed E-state index contributed by atoms with van der Waals surface area (Å²) in [4.78, 5) is 4.29. The number of hydrogen-bond donors (Lipinski definition) is 1. The molecule has 0 radical (unpaired) electrons. The summed E-state index contributed by atoms with van der Waals surface area (Å²) in [6.45, 7) is 0.0414. The second-order valence-electron chi connectivity index (χ2n) is 5.81. The van der Waals surface area contributed by atoms with Crippen molar-refractivity contribution in [3.8, 4) is 29.1 Å². The molecule has 0 atom stereocenters. The molecule has 0 saturated carbocycles. The quantitative estimate of drug-likeness (QED) is 0.601. The maximum absolute atomic E-state index is 12.5. The van der Waals surface area contributed by atoms with Crippen LogP contribution in [0.3, 0.4) is 0 Å². The lowest BCUT2D eigenvalue weighted by Crippen LogP contribution is -2.24. The first kappa shape index (κ1) is 20.5. The average molecular weight is 412 g/mol. The van der Waals surface area contributed by atoms with E-state index in [1.807, 2.05) is 30.3 Å². The van der Waals surface area contributed by atoms with E-state index in [-0.39, 0.29) is 23.8 Å². The predicted octanol–water partition coefficient (Wildman–Crippen LogP) is 2.61. The summed E-state index contributed by atoms with van der Waals surface area (Å²) in [5, 5.41) is 0.970. The Kier molecular flexibility index (Phi) is 6.54. The van der Waals surface area contributed by atoms with Crippen molar-refractivity contribution in [2.45, 2.75) is 4.90 Å². The molecule has 8 heteroatoms. The van der Waals surface area contributed by atoms with Crippen molar-refractivity contribution in [3.05, 3.63) is 54.7 Å². The number of sulfonamides is 1. The molecule has 2 aromatic carbocycles. The van der Waals surface area contributed by atoms with Crippen molar-refractivity contribution in [1.29, 1.82) is 0 Å². The third kappa shape index (κ3) is 4.96. The van der Waals surface area contributed by atoms with E-state index < -0.39 is 10.0 Å². The Hall–Kier alpha value is -3.28. The van der Waals surface area contributed by atoms with Gasteiger partial charge in [0.1, 0.15) is 34.3 Å². The zero-order valence-corrected chi connectivity index (χ0v) is 16.8. The molecular formula is C21H20N2O5S. The molecule has 7 nitrogen and oxygen atoms in total. The molecule has 0 aliphatic rings. The fraction of sp³-hybridized carbons (Fsp3) is 0.190. The van der Waals surface area contributed by atoms with Crippen molar-refractivity contribution in [1.82, 2.24) is 9.71 Å². The topological polar surface area (TPSA) is 86.8 Å². The van der Waals surface area contributed by atoms with Gasteiger partial charge in [-0.25, -0.2) is 8.42 Å². The fourth-order valence-electron chi connectivity index (χ4n) is 2.62. The SMILES string of the molecule is COc1ccc(OC)c(S(=O)(=O)NCC#CCOc2cccc3cccnc23)c1. The van der Waals surface area contributed by atoms with Crippen LogP contribution >= 0.6 is 0 Å². The monoisotopic (exact) mass is 412 g/mol. The molecule has 0 saturated heterocycles. The van der Waals surface area contributed by atoms with E-state index >= 15 is 0 Å². The number of para-hydroxylation sites is 1. The second kappa shape index (κ2) is 9.28. The number of aromatic nitrogens is 1. The minimum absolute atomic E-state index is 0.0146. The van der Waals surface area contributed by atoms with Gasteiger partial charge in [-0.05, 0) is 24.3 Å². The first-order valence-corrected chi connectivity index (χ1v) is 10.2. The zero-order valence-electron chi connectivity index (χ0n) is 16.0. The van der Waals surface area contributed by atoms with Gasteiger partial charge in [-0.15, -0.1) is 0 Å². The summed E-state index contributed by atoms with van der Waals surface area (Å²) in [6.07, 6.45) is 1.70. The first-order valence-electron chi connectivity index (χ1n) is 8.69. The highest BCUT2D eigenvalue weighted by Crippen LogP contribution is 2.27. The predicted molar refractivity (Wildman–Crippen MR) is 110 cm³/mol. The van der Waals surface area contributed by atoms with Crippen LogP contribution in [0.1, 0.15) is 0 Å². The smallest absolute Gasteiger partial charge is 0.245 e. The van der Waals surface area contributed by atoms with Crippen LogP contribution in [0.25, 0.3) is 10.9 Å². The molecule has 0 bridgehead atoms. The largest absolute Gasteiger partial charge is 0.497 e. The van der Waals surface area contributed by atoms with Crippen LogP contribution in [0, 0.1) is 11.8 Å². The molecule has 1 heterocycles. The number of nitrogens with one attached hydrogen (secondary N) is 1. The van der Waals surface area contributed by atoms with E-state index in [2.05, 4.69) is 21.5 Å². The maximum atomic E-state index is 12.5. The molecular weight excluding hydrogens is 392 g/mol. The summed E-state index contributed by atoms with van der Waals surface area (Å²) in [7, 11) is -0.948. The van der Waals surface area contributed by atoms with Crippen molar-refractivity contribution in [2.24, 2.45) is 0 Å². The highest BCUT2D eigenvalue weighted by molar-refractivity contribution is 7.89. The van der Waals surface area contributed by atoms with E-state index in [0.29, 0.717) is 11.5 Å². The van der Waals surface area contributed by atoms with Crippen molar-refractivity contribution >= 4 is 20.9 Å². The molecule has 3 aromatic rings. The van der Waals surface area contributed by atoms with Gasteiger partial charge in [0.2, 0.25) is 10.0 Å². The Balaban J connectivity index is 1.61. The number of fused-ring (bicyclic) bond motifs is 1. The van der Waals surface area contributed by atoms with E-state index in [0.717, 1.165) is 10.9 Å². The maximum Gasteiger partial charge on any atom is 0.245 e. The number of methoxy groups -OCH3 is 2. The van der Waals surface area contributed by atoms with Gasteiger partial charge in [-0.2, -0.15) is 4.72 Å². The second-order valence-corrected chi connectivity index (χ2v) is 7.55. The first-order chi connectivity index (χ1) is 14.0. The van der Waals surface area contributed by atoms with Crippen LogP contribution in [0.4, 0.5) is 0 Å². The highest BCUT2D eigenvalue weighted by atomic mass is 32.2. The summed E-state index contributed by atoms with van der Waals surface area (Å²) >= 11 is 0. The molecule has 0 spiro atoms. The van der Waals surface area contributed by atoms with Crippen LogP contribution in [-0.4, -0.2) is 40.8 Å². The van der Waals surface area contributed by atoms with Gasteiger partial charge in [0.05, 0.1) is 20.8 Å². The number of hydrogen-bond acceptors (Lipinski definition) is 6. The van der Waals surface area contributed by atoms with Crippen molar-refractivity contribution in [3.63, 3.8) is 0 Å². The Bertz CT molecular complexity index is 1160. The number of ether oxygens (including phenoxy) is 3. The Morgan fingerprint density at radius 3 is 2.62 bits per heavy atom. The number of rotatable bonds is 7. The zero-order chi connectivity index (χ0) is 20.7. The van der Waals surface area contributed by atoms with E-state index in [4.69, 9.17) is 14.2 Å². The lowest BCUT2D eigenvalue weighted by molar-refractivity contribution is 0.374. The molecule has 1 aromatic heterocycles. The molecule has 0 aliphatic heterocycles. The van der Waals surface area contributed by atoms with Gasteiger partial charge in [0.25, 0.3) is 0 Å². The van der Waals surface area contributed by atoms with Gasteiger partial charge >= 0.3 is 0 Å². The standard InChI is InChI=1S/C21H20N2O5S/c1-26-17-10-11-18(27-2)20(15-17)29(24,25)23-13-3-4-14-28-19-9-5-7-16-8-6-12-22-21(16)19/h5-12,15,23H,13-14H2,1-2H3. The van der Waals surface area contributed by atoms with E-state index in [9.17, 15) is 8.42 Å². The summed E-state index contributed by atoms with van der Waals surface area (Å²) in [5.74, 6) is 6.78. The molecule has 0 aliphatic carbocycles. The van der Waals surface area contributed by atoms with Gasteiger partial charge in [-0.3, -0.25) is 4.98 Å². The summed E-state index contributed by atoms with van der Waals surface area (Å²) < 4.78 is 43.3. The average Bonchev–Trinajstić information content (AvgIpc) is 2.75. The molecule has 29 heavy (non-hydrogen) atoms. The Morgan fingerprint density at radius 1 is 1.00 bits per heavy atom.